The maximum atomic E-state index is 6.22. The maximum absolute atomic E-state index is 6.22. The van der Waals surface area contributed by atoms with Crippen LogP contribution in [0.5, 0.6) is 11.5 Å². The van der Waals surface area contributed by atoms with Crippen molar-refractivity contribution >= 4 is 49.6 Å². The van der Waals surface area contributed by atoms with E-state index in [1.807, 2.05) is 48.0 Å². The number of nitrogens with two attached hydrogens (primary N) is 1. The van der Waals surface area contributed by atoms with Crippen LogP contribution in [0, 0.1) is 6.92 Å². The molecular weight excluding hydrogens is 472 g/mol. The lowest BCUT2D eigenvalue weighted by Crippen LogP contribution is -2.47. The van der Waals surface area contributed by atoms with Gasteiger partial charge in [0, 0.05) is 22.8 Å². The highest BCUT2D eigenvalue weighted by Gasteiger charge is 2.41. The summed E-state index contributed by atoms with van der Waals surface area (Å²) in [6.07, 6.45) is 1.12. The first kappa shape index (κ1) is 22.5. The molecule has 6 rings (SSSR count). The van der Waals surface area contributed by atoms with Crippen molar-refractivity contribution in [3.63, 3.8) is 0 Å². The maximum Gasteiger partial charge on any atom is 0.208 e. The smallest absolute Gasteiger partial charge is 0.208 e. The van der Waals surface area contributed by atoms with E-state index in [0.29, 0.717) is 12.4 Å². The third kappa shape index (κ3) is 4.06. The van der Waals surface area contributed by atoms with Gasteiger partial charge in [0.05, 0.1) is 33.4 Å². The number of nitrogen functional groups attached to an aromatic ring is 1. The number of hydrogen-bond acceptors (Lipinski definition) is 9. The number of rotatable bonds is 5. The molecule has 0 aliphatic carbocycles. The highest BCUT2D eigenvalue weighted by Crippen LogP contribution is 2.37. The minimum atomic E-state index is -0.358. The predicted molar refractivity (Wildman–Crippen MR) is 145 cm³/mol. The third-order valence-corrected chi connectivity index (χ3v) is 7.20. The van der Waals surface area contributed by atoms with Crippen LogP contribution < -0.4 is 20.7 Å². The zero-order valence-corrected chi connectivity index (χ0v) is 21.0. The minimum absolute atomic E-state index is 0.220. The molecule has 2 aromatic heterocycles. The van der Waals surface area contributed by atoms with Gasteiger partial charge < -0.3 is 25.4 Å². The summed E-state index contributed by atoms with van der Waals surface area (Å²) in [7, 11) is 0. The fourth-order valence-corrected chi connectivity index (χ4v) is 5.27. The second kappa shape index (κ2) is 8.61. The zero-order valence-electron chi connectivity index (χ0n) is 20.2. The number of nitrogens with one attached hydrogen (secondary N) is 1. The molecule has 1 atom stereocenters. The molecule has 1 aliphatic rings. The molecular formula is C27H26N6O2S. The van der Waals surface area contributed by atoms with Crippen LogP contribution in [0.25, 0.3) is 21.1 Å². The number of ether oxygens (including phenoxy) is 2. The van der Waals surface area contributed by atoms with Crippen LogP contribution in [0.3, 0.4) is 0 Å². The van der Waals surface area contributed by atoms with Gasteiger partial charge in [-0.25, -0.2) is 15.0 Å². The molecule has 1 unspecified atom stereocenters. The number of aromatic nitrogens is 3. The van der Waals surface area contributed by atoms with Crippen molar-refractivity contribution in [2.24, 2.45) is 0 Å². The second-order valence-corrected chi connectivity index (χ2v) is 10.4. The number of fused-ring (bicyclic) bond motifs is 2. The summed E-state index contributed by atoms with van der Waals surface area (Å²) in [6.45, 7) is 6.98. The van der Waals surface area contributed by atoms with Gasteiger partial charge in [-0.05, 0) is 74.9 Å². The van der Waals surface area contributed by atoms with Crippen LogP contribution in [-0.2, 0) is 4.74 Å². The molecule has 1 aliphatic heterocycles. The van der Waals surface area contributed by atoms with Crippen molar-refractivity contribution < 1.29 is 9.47 Å². The molecule has 9 heteroatoms. The summed E-state index contributed by atoms with van der Waals surface area (Å²) in [5, 5.41) is 4.32. The number of hydrogen-bond donors (Lipinski definition) is 2. The van der Waals surface area contributed by atoms with Crippen molar-refractivity contribution in [1.29, 1.82) is 0 Å². The third-order valence-electron chi connectivity index (χ3n) is 6.40. The molecule has 0 saturated carbocycles. The van der Waals surface area contributed by atoms with Crippen LogP contribution >= 0.6 is 11.3 Å². The van der Waals surface area contributed by atoms with Gasteiger partial charge in [-0.2, -0.15) is 0 Å². The lowest BCUT2D eigenvalue weighted by molar-refractivity contribution is 0.125. The summed E-state index contributed by atoms with van der Waals surface area (Å²) < 4.78 is 13.5. The van der Waals surface area contributed by atoms with Crippen LogP contribution in [0.15, 0.2) is 66.4 Å². The average Bonchev–Trinajstić information content (AvgIpc) is 3.44. The zero-order chi connectivity index (χ0) is 24.9. The fraction of sp³-hybridized carbons (Fsp3) is 0.222. The van der Waals surface area contributed by atoms with Gasteiger partial charge in [-0.15, -0.1) is 11.3 Å². The lowest BCUT2D eigenvalue weighted by atomic mass is 10.0. The molecule has 182 valence electrons. The van der Waals surface area contributed by atoms with E-state index in [2.05, 4.69) is 58.1 Å². The number of anilines is 3. The van der Waals surface area contributed by atoms with Crippen molar-refractivity contribution in [1.82, 2.24) is 15.0 Å². The summed E-state index contributed by atoms with van der Waals surface area (Å²) >= 11 is 1.60. The Labute approximate surface area is 212 Å². The Kier molecular flexibility index (Phi) is 5.39. The molecule has 1 saturated heterocycles. The predicted octanol–water partition coefficient (Wildman–Crippen LogP) is 5.93. The summed E-state index contributed by atoms with van der Waals surface area (Å²) in [5.74, 6) is 2.07. The summed E-state index contributed by atoms with van der Waals surface area (Å²) in [4.78, 5) is 15.0. The average molecular weight is 499 g/mol. The normalized spacial score (nSPS) is 17.1. The van der Waals surface area contributed by atoms with Crippen molar-refractivity contribution in [2.45, 2.75) is 32.7 Å². The molecule has 5 aromatic rings. The SMILES string of the molecule is Cc1cc(N2C(Nc3ccc4ncnc(N)c4c3)OCC2(C)C)ccc1Oc1ccc2ncsc2c1. The lowest BCUT2D eigenvalue weighted by Gasteiger charge is -2.36. The Bertz CT molecular complexity index is 1580. The number of benzene rings is 3. The van der Waals surface area contributed by atoms with E-state index >= 15 is 0 Å². The van der Waals surface area contributed by atoms with E-state index in [0.717, 1.165) is 49.6 Å². The van der Waals surface area contributed by atoms with E-state index in [9.17, 15) is 0 Å². The van der Waals surface area contributed by atoms with E-state index in [-0.39, 0.29) is 11.9 Å². The molecule has 8 nitrogen and oxygen atoms in total. The minimum Gasteiger partial charge on any atom is -0.457 e. The number of aryl methyl sites for hydroxylation is 1. The molecule has 0 radical (unpaired) electrons. The van der Waals surface area contributed by atoms with Gasteiger partial charge >= 0.3 is 0 Å². The molecule has 1 fully saturated rings. The molecule has 36 heavy (non-hydrogen) atoms. The molecule has 3 heterocycles. The van der Waals surface area contributed by atoms with Crippen LogP contribution in [-0.4, -0.2) is 33.4 Å². The van der Waals surface area contributed by atoms with Gasteiger partial charge in [0.1, 0.15) is 23.6 Å². The van der Waals surface area contributed by atoms with E-state index in [1.165, 1.54) is 6.33 Å². The number of nitrogens with zero attached hydrogens (tertiary/aromatic N) is 4. The second-order valence-electron chi connectivity index (χ2n) is 9.51. The Morgan fingerprint density at radius 2 is 1.92 bits per heavy atom. The van der Waals surface area contributed by atoms with E-state index in [1.54, 1.807) is 11.3 Å². The van der Waals surface area contributed by atoms with Crippen LogP contribution in [0.1, 0.15) is 19.4 Å². The molecule has 0 spiro atoms. The first-order valence-corrected chi connectivity index (χ1v) is 12.5. The van der Waals surface area contributed by atoms with Gasteiger partial charge in [-0.1, -0.05) is 0 Å². The molecule has 0 bridgehead atoms. The monoisotopic (exact) mass is 498 g/mol. The Morgan fingerprint density at radius 3 is 2.78 bits per heavy atom. The molecule has 0 amide bonds. The van der Waals surface area contributed by atoms with Crippen LogP contribution in [0.4, 0.5) is 17.2 Å². The quantitative estimate of drug-likeness (QED) is 0.307. The van der Waals surface area contributed by atoms with Crippen molar-refractivity contribution in [3.8, 4) is 11.5 Å². The van der Waals surface area contributed by atoms with Crippen molar-refractivity contribution in [3.05, 3.63) is 72.0 Å². The standard InChI is InChI=1S/C27H26N6O2S/c1-16-10-18(5-9-23(16)35-19-6-8-22-24(12-19)36-15-31-22)33-26(34-13-27(33,2)3)32-17-4-7-21-20(11-17)25(28)30-14-29-21/h4-12,14-15,26,32H,13H2,1-3H3,(H2,28,29,30). The topological polar surface area (TPSA) is 98.4 Å². The Morgan fingerprint density at radius 1 is 1.06 bits per heavy atom. The number of thiazole rings is 1. The van der Waals surface area contributed by atoms with Gasteiger partial charge in [0.15, 0.2) is 0 Å². The first-order valence-electron chi connectivity index (χ1n) is 11.7. The summed E-state index contributed by atoms with van der Waals surface area (Å²) in [6, 6.07) is 18.1. The van der Waals surface area contributed by atoms with Crippen molar-refractivity contribution in [2.75, 3.05) is 22.6 Å². The van der Waals surface area contributed by atoms with E-state index < -0.39 is 0 Å². The Hall–Kier alpha value is -3.95. The fourth-order valence-electron chi connectivity index (χ4n) is 4.57. The Balaban J connectivity index is 1.27. The van der Waals surface area contributed by atoms with Gasteiger partial charge in [0.25, 0.3) is 0 Å². The van der Waals surface area contributed by atoms with Gasteiger partial charge in [0.2, 0.25) is 6.35 Å². The molecule has 3 aromatic carbocycles. The largest absolute Gasteiger partial charge is 0.457 e. The molecule has 3 N–H and O–H groups in total. The van der Waals surface area contributed by atoms with Gasteiger partial charge in [-0.3, -0.25) is 0 Å². The summed E-state index contributed by atoms with van der Waals surface area (Å²) in [5.41, 5.74) is 12.4. The highest BCUT2D eigenvalue weighted by atomic mass is 32.1. The first-order chi connectivity index (χ1) is 17.4. The highest BCUT2D eigenvalue weighted by molar-refractivity contribution is 7.16. The van der Waals surface area contributed by atoms with E-state index in [4.69, 9.17) is 15.2 Å². The van der Waals surface area contributed by atoms with Crippen LogP contribution in [0.2, 0.25) is 0 Å².